The highest BCUT2D eigenvalue weighted by atomic mass is 16.1. The van der Waals surface area contributed by atoms with E-state index in [2.05, 4.69) is 30.7 Å². The second-order valence-electron chi connectivity index (χ2n) is 5.51. The van der Waals surface area contributed by atoms with E-state index in [4.69, 9.17) is 0 Å². The fourth-order valence-corrected chi connectivity index (χ4v) is 2.00. The zero-order chi connectivity index (χ0) is 16.7. The third kappa shape index (κ3) is 5.63. The van der Waals surface area contributed by atoms with Crippen molar-refractivity contribution in [1.82, 2.24) is 20.1 Å². The van der Waals surface area contributed by atoms with Crippen LogP contribution in [0.25, 0.3) is 0 Å². The summed E-state index contributed by atoms with van der Waals surface area (Å²) in [6.07, 6.45) is 2.60. The topological polar surface area (TPSA) is 83.0 Å². The number of rotatable bonds is 8. The van der Waals surface area contributed by atoms with Crippen molar-refractivity contribution < 1.29 is 4.79 Å². The lowest BCUT2D eigenvalue weighted by molar-refractivity contribution is 0.101. The maximum absolute atomic E-state index is 11.4. The quantitative estimate of drug-likeness (QED) is 0.571. The minimum Gasteiger partial charge on any atom is -0.369 e. The van der Waals surface area contributed by atoms with Gasteiger partial charge in [0, 0.05) is 17.8 Å². The van der Waals surface area contributed by atoms with Gasteiger partial charge in [0.2, 0.25) is 5.95 Å². The number of nitrogens with one attached hydrogen (secondary N) is 2. The van der Waals surface area contributed by atoms with E-state index >= 15 is 0 Å². The minimum absolute atomic E-state index is 0.0176. The summed E-state index contributed by atoms with van der Waals surface area (Å²) < 4.78 is 0. The van der Waals surface area contributed by atoms with Crippen LogP contribution in [0, 0.1) is 0 Å². The van der Waals surface area contributed by atoms with Gasteiger partial charge in [0.05, 0.1) is 6.20 Å². The number of hydrogen-bond acceptors (Lipinski definition) is 7. The Morgan fingerprint density at radius 1 is 1.30 bits per heavy atom. The molecule has 1 aromatic carbocycles. The molecule has 7 heteroatoms. The summed E-state index contributed by atoms with van der Waals surface area (Å²) in [5.74, 6) is 1.08. The van der Waals surface area contributed by atoms with Gasteiger partial charge in [-0.15, -0.1) is 5.10 Å². The first-order chi connectivity index (χ1) is 11.0. The number of nitrogens with zero attached hydrogens (tertiary/aromatic N) is 4. The lowest BCUT2D eigenvalue weighted by atomic mass is 10.1. The molecule has 2 aromatic rings. The Bertz CT molecular complexity index is 659. The maximum Gasteiger partial charge on any atom is 0.249 e. The van der Waals surface area contributed by atoms with Crippen molar-refractivity contribution in [2.75, 3.05) is 37.8 Å². The number of Topliss-reactive ketones (excluding diaryl/α,β-unsaturated/α-hetero) is 1. The second-order valence-corrected chi connectivity index (χ2v) is 5.51. The molecule has 122 valence electrons. The zero-order valence-electron chi connectivity index (χ0n) is 13.7. The molecule has 1 heterocycles. The van der Waals surface area contributed by atoms with Crippen molar-refractivity contribution in [2.45, 2.75) is 13.3 Å². The highest BCUT2D eigenvalue weighted by Gasteiger charge is 2.04. The Labute approximate surface area is 136 Å². The van der Waals surface area contributed by atoms with Crippen LogP contribution >= 0.6 is 0 Å². The molecule has 0 aliphatic rings. The molecule has 0 atom stereocenters. The van der Waals surface area contributed by atoms with Gasteiger partial charge in [-0.3, -0.25) is 4.79 Å². The summed E-state index contributed by atoms with van der Waals surface area (Å²) >= 11 is 0. The molecule has 0 amide bonds. The van der Waals surface area contributed by atoms with Gasteiger partial charge in [-0.25, -0.2) is 0 Å². The van der Waals surface area contributed by atoms with Gasteiger partial charge in [-0.1, -0.05) is 12.1 Å². The Kier molecular flexibility index (Phi) is 5.99. The largest absolute Gasteiger partial charge is 0.369 e. The first-order valence-electron chi connectivity index (χ1n) is 7.51. The monoisotopic (exact) mass is 314 g/mol. The van der Waals surface area contributed by atoms with E-state index in [1.807, 2.05) is 26.2 Å². The van der Waals surface area contributed by atoms with Gasteiger partial charge in [-0.2, -0.15) is 10.1 Å². The van der Waals surface area contributed by atoms with Crippen LogP contribution in [-0.4, -0.2) is 53.0 Å². The van der Waals surface area contributed by atoms with Crippen LogP contribution < -0.4 is 10.6 Å². The Morgan fingerprint density at radius 3 is 2.87 bits per heavy atom. The van der Waals surface area contributed by atoms with E-state index in [9.17, 15) is 4.79 Å². The standard InChI is InChI=1S/C16H22N6O/c1-12(23)13-6-4-7-14(10-13)19-16-20-15(11-18-21-16)17-8-5-9-22(2)3/h4,6-7,10-11H,5,8-9H2,1-3H3,(H2,17,19,20,21). The molecule has 7 nitrogen and oxygen atoms in total. The summed E-state index contributed by atoms with van der Waals surface area (Å²) in [5.41, 5.74) is 1.39. The molecule has 0 aliphatic carbocycles. The molecule has 1 aromatic heterocycles. The van der Waals surface area contributed by atoms with Crippen molar-refractivity contribution in [3.05, 3.63) is 36.0 Å². The molecule has 0 saturated heterocycles. The van der Waals surface area contributed by atoms with Crippen LogP contribution in [0.3, 0.4) is 0 Å². The molecule has 2 N–H and O–H groups in total. The number of aromatic nitrogens is 3. The summed E-state index contributed by atoms with van der Waals surface area (Å²) in [7, 11) is 4.09. The first kappa shape index (κ1) is 16.8. The smallest absolute Gasteiger partial charge is 0.249 e. The SMILES string of the molecule is CC(=O)c1cccc(Nc2nncc(NCCCN(C)C)n2)c1. The lowest BCUT2D eigenvalue weighted by Crippen LogP contribution is -2.17. The average molecular weight is 314 g/mol. The van der Waals surface area contributed by atoms with Gasteiger partial charge in [0.15, 0.2) is 11.6 Å². The van der Waals surface area contributed by atoms with Gasteiger partial charge in [0.1, 0.15) is 0 Å². The Balaban J connectivity index is 1.97. The average Bonchev–Trinajstić information content (AvgIpc) is 2.52. The summed E-state index contributed by atoms with van der Waals surface area (Å²) in [6.45, 7) is 3.36. The van der Waals surface area contributed by atoms with E-state index in [1.165, 1.54) is 6.92 Å². The van der Waals surface area contributed by atoms with E-state index in [1.54, 1.807) is 18.3 Å². The van der Waals surface area contributed by atoms with Crippen LogP contribution in [0.1, 0.15) is 23.7 Å². The highest BCUT2D eigenvalue weighted by Crippen LogP contribution is 2.15. The number of anilines is 3. The third-order valence-electron chi connectivity index (χ3n) is 3.17. The molecule has 0 bridgehead atoms. The van der Waals surface area contributed by atoms with Crippen LogP contribution in [0.15, 0.2) is 30.5 Å². The predicted molar refractivity (Wildman–Crippen MR) is 91.2 cm³/mol. The molecule has 0 spiro atoms. The molecular formula is C16H22N6O. The fraction of sp³-hybridized carbons (Fsp3) is 0.375. The van der Waals surface area contributed by atoms with Crippen molar-refractivity contribution in [3.63, 3.8) is 0 Å². The van der Waals surface area contributed by atoms with Crippen molar-refractivity contribution in [2.24, 2.45) is 0 Å². The molecular weight excluding hydrogens is 292 g/mol. The van der Waals surface area contributed by atoms with E-state index in [0.717, 1.165) is 25.2 Å². The number of carbonyl (C=O) groups is 1. The highest BCUT2D eigenvalue weighted by molar-refractivity contribution is 5.95. The molecule has 0 fully saturated rings. The summed E-state index contributed by atoms with van der Waals surface area (Å²) in [5, 5.41) is 14.2. The van der Waals surface area contributed by atoms with Gasteiger partial charge >= 0.3 is 0 Å². The summed E-state index contributed by atoms with van der Waals surface area (Å²) in [6, 6.07) is 7.21. The van der Waals surface area contributed by atoms with Crippen molar-refractivity contribution in [1.29, 1.82) is 0 Å². The molecule has 23 heavy (non-hydrogen) atoms. The van der Waals surface area contributed by atoms with Crippen LogP contribution in [-0.2, 0) is 0 Å². The number of benzene rings is 1. The number of ketones is 1. The Hall–Kier alpha value is -2.54. The van der Waals surface area contributed by atoms with Crippen LogP contribution in [0.5, 0.6) is 0 Å². The predicted octanol–water partition coefficient (Wildman–Crippen LogP) is 2.18. The molecule has 0 unspecified atom stereocenters. The van der Waals surface area contributed by atoms with Crippen LogP contribution in [0.4, 0.5) is 17.5 Å². The zero-order valence-corrected chi connectivity index (χ0v) is 13.7. The first-order valence-corrected chi connectivity index (χ1v) is 7.51. The minimum atomic E-state index is 0.0176. The molecule has 0 saturated carbocycles. The van der Waals surface area contributed by atoms with E-state index in [0.29, 0.717) is 17.3 Å². The van der Waals surface area contributed by atoms with E-state index in [-0.39, 0.29) is 5.78 Å². The van der Waals surface area contributed by atoms with Gasteiger partial charge in [0.25, 0.3) is 0 Å². The molecule has 0 aliphatic heterocycles. The normalized spacial score (nSPS) is 10.6. The third-order valence-corrected chi connectivity index (χ3v) is 3.17. The van der Waals surface area contributed by atoms with E-state index < -0.39 is 0 Å². The van der Waals surface area contributed by atoms with Gasteiger partial charge < -0.3 is 15.5 Å². The van der Waals surface area contributed by atoms with Crippen LogP contribution in [0.2, 0.25) is 0 Å². The number of hydrogen-bond donors (Lipinski definition) is 2. The van der Waals surface area contributed by atoms with Crippen molar-refractivity contribution >= 4 is 23.2 Å². The fourth-order valence-electron chi connectivity index (χ4n) is 2.00. The maximum atomic E-state index is 11.4. The summed E-state index contributed by atoms with van der Waals surface area (Å²) in [4.78, 5) is 17.9. The Morgan fingerprint density at radius 2 is 2.13 bits per heavy atom. The van der Waals surface area contributed by atoms with Crippen molar-refractivity contribution in [3.8, 4) is 0 Å². The number of carbonyl (C=O) groups excluding carboxylic acids is 1. The second kappa shape index (κ2) is 8.19. The molecule has 2 rings (SSSR count). The lowest BCUT2D eigenvalue weighted by Gasteiger charge is -2.10. The molecule has 0 radical (unpaired) electrons. The van der Waals surface area contributed by atoms with Gasteiger partial charge in [-0.05, 0) is 46.1 Å².